The van der Waals surface area contributed by atoms with Gasteiger partial charge in [-0.2, -0.15) is 0 Å². The molecule has 1 N–H and O–H groups in total. The number of carbonyl (C=O) groups is 1. The summed E-state index contributed by atoms with van der Waals surface area (Å²) in [4.78, 5) is 12.3. The first kappa shape index (κ1) is 27.5. The second-order valence-electron chi connectivity index (χ2n) is 10.1. The standard InChI is InChI=1S/C26H52O2/c1-10-18-25(15-6,16-7)21-26(17-8,19-23(9,11-2)22(27)28)20-24(12-3,13-4)14-5/h10-21H2,1-9H3,(H,27,28). The molecule has 0 radical (unpaired) electrons. The van der Waals surface area contributed by atoms with Crippen molar-refractivity contribution in [2.24, 2.45) is 21.7 Å². The van der Waals surface area contributed by atoms with Crippen molar-refractivity contribution in [3.8, 4) is 0 Å². The molecule has 0 saturated heterocycles. The Bertz CT molecular complexity index is 439. The van der Waals surface area contributed by atoms with Crippen LogP contribution in [0.15, 0.2) is 0 Å². The molecular formula is C26H52O2. The van der Waals surface area contributed by atoms with Crippen molar-refractivity contribution in [2.75, 3.05) is 0 Å². The van der Waals surface area contributed by atoms with Crippen LogP contribution in [0.5, 0.6) is 0 Å². The summed E-state index contributed by atoms with van der Waals surface area (Å²) in [6.07, 6.45) is 13.4. The van der Waals surface area contributed by atoms with Crippen LogP contribution in [0.2, 0.25) is 0 Å². The van der Waals surface area contributed by atoms with Gasteiger partial charge in [-0.3, -0.25) is 4.79 Å². The van der Waals surface area contributed by atoms with Crippen LogP contribution in [0.3, 0.4) is 0 Å². The van der Waals surface area contributed by atoms with Gasteiger partial charge < -0.3 is 5.11 Å². The summed E-state index contributed by atoms with van der Waals surface area (Å²) in [5.74, 6) is -0.614. The lowest BCUT2D eigenvalue weighted by Crippen LogP contribution is -2.42. The Kier molecular flexibility index (Phi) is 11.4. The molecule has 0 spiro atoms. The van der Waals surface area contributed by atoms with E-state index in [-0.39, 0.29) is 5.41 Å². The molecule has 0 bridgehead atoms. The van der Waals surface area contributed by atoms with Gasteiger partial charge in [-0.15, -0.1) is 0 Å². The van der Waals surface area contributed by atoms with Crippen LogP contribution < -0.4 is 0 Å². The third-order valence-corrected chi connectivity index (χ3v) is 8.84. The molecule has 0 saturated carbocycles. The van der Waals surface area contributed by atoms with E-state index in [1.165, 1.54) is 57.8 Å². The minimum Gasteiger partial charge on any atom is -0.481 e. The van der Waals surface area contributed by atoms with Crippen molar-refractivity contribution >= 4 is 5.97 Å². The highest BCUT2D eigenvalue weighted by molar-refractivity contribution is 5.74. The molecule has 0 aliphatic heterocycles. The molecule has 0 fully saturated rings. The highest BCUT2D eigenvalue weighted by atomic mass is 16.4. The van der Waals surface area contributed by atoms with Gasteiger partial charge in [-0.05, 0) is 55.3 Å². The molecular weight excluding hydrogens is 344 g/mol. The first-order chi connectivity index (χ1) is 13.0. The Labute approximate surface area is 177 Å². The Balaban J connectivity index is 6.34. The van der Waals surface area contributed by atoms with Gasteiger partial charge in [0.1, 0.15) is 0 Å². The van der Waals surface area contributed by atoms with E-state index in [2.05, 4.69) is 55.4 Å². The normalized spacial score (nSPS) is 17.2. The van der Waals surface area contributed by atoms with Gasteiger partial charge in [0.2, 0.25) is 0 Å². The summed E-state index contributed by atoms with van der Waals surface area (Å²) in [6.45, 7) is 20.4. The predicted octanol–water partition coefficient (Wildman–Crippen LogP) is 8.88. The van der Waals surface area contributed by atoms with Gasteiger partial charge in [0, 0.05) is 0 Å². The van der Waals surface area contributed by atoms with Crippen molar-refractivity contribution in [1.29, 1.82) is 0 Å². The Morgan fingerprint density at radius 3 is 1.29 bits per heavy atom. The van der Waals surface area contributed by atoms with Crippen molar-refractivity contribution in [3.63, 3.8) is 0 Å². The van der Waals surface area contributed by atoms with Crippen LogP contribution in [-0.4, -0.2) is 11.1 Å². The van der Waals surface area contributed by atoms with Crippen LogP contribution in [0.25, 0.3) is 0 Å². The molecule has 2 unspecified atom stereocenters. The van der Waals surface area contributed by atoms with Crippen LogP contribution in [0.1, 0.15) is 139 Å². The van der Waals surface area contributed by atoms with E-state index in [0.717, 1.165) is 12.8 Å². The summed E-state index contributed by atoms with van der Waals surface area (Å²) < 4.78 is 0. The molecule has 2 atom stereocenters. The number of carboxylic acid groups (broad SMARTS) is 1. The van der Waals surface area contributed by atoms with Crippen molar-refractivity contribution in [3.05, 3.63) is 0 Å². The molecule has 0 heterocycles. The summed E-state index contributed by atoms with van der Waals surface area (Å²) >= 11 is 0. The summed E-state index contributed by atoms with van der Waals surface area (Å²) in [5.41, 5.74) is 0.157. The maximum atomic E-state index is 12.3. The number of hydrogen-bond donors (Lipinski definition) is 1. The third kappa shape index (κ3) is 6.49. The van der Waals surface area contributed by atoms with Gasteiger partial charge in [0.05, 0.1) is 5.41 Å². The first-order valence-electron chi connectivity index (χ1n) is 12.3. The van der Waals surface area contributed by atoms with Gasteiger partial charge in [0.25, 0.3) is 0 Å². The Morgan fingerprint density at radius 2 is 1.00 bits per heavy atom. The lowest BCUT2D eigenvalue weighted by atomic mass is 9.54. The maximum Gasteiger partial charge on any atom is 0.309 e. The van der Waals surface area contributed by atoms with E-state index in [0.29, 0.717) is 17.3 Å². The molecule has 0 aliphatic carbocycles. The van der Waals surface area contributed by atoms with Crippen LogP contribution in [0, 0.1) is 21.7 Å². The third-order valence-electron chi connectivity index (χ3n) is 8.84. The number of rotatable bonds is 16. The zero-order chi connectivity index (χ0) is 22.1. The van der Waals surface area contributed by atoms with E-state index < -0.39 is 11.4 Å². The fourth-order valence-corrected chi connectivity index (χ4v) is 5.93. The highest BCUT2D eigenvalue weighted by Crippen LogP contribution is 2.56. The summed E-state index contributed by atoms with van der Waals surface area (Å²) in [7, 11) is 0. The number of aliphatic carboxylic acids is 1. The van der Waals surface area contributed by atoms with Crippen molar-refractivity contribution in [2.45, 2.75) is 139 Å². The predicted molar refractivity (Wildman–Crippen MR) is 124 cm³/mol. The average Bonchev–Trinajstić information content (AvgIpc) is 2.71. The topological polar surface area (TPSA) is 37.3 Å². The zero-order valence-electron chi connectivity index (χ0n) is 20.8. The average molecular weight is 397 g/mol. The minimum absolute atomic E-state index is 0.104. The molecule has 28 heavy (non-hydrogen) atoms. The molecule has 0 aliphatic rings. The molecule has 0 aromatic carbocycles. The Morgan fingerprint density at radius 1 is 0.607 bits per heavy atom. The summed E-state index contributed by atoms with van der Waals surface area (Å²) in [6, 6.07) is 0. The molecule has 0 aromatic rings. The number of carboxylic acids is 1. The van der Waals surface area contributed by atoms with Crippen LogP contribution >= 0.6 is 0 Å². The van der Waals surface area contributed by atoms with E-state index in [9.17, 15) is 9.90 Å². The fraction of sp³-hybridized carbons (Fsp3) is 0.962. The van der Waals surface area contributed by atoms with Gasteiger partial charge in [-0.25, -0.2) is 0 Å². The van der Waals surface area contributed by atoms with E-state index >= 15 is 0 Å². The largest absolute Gasteiger partial charge is 0.481 e. The molecule has 0 aromatic heterocycles. The van der Waals surface area contributed by atoms with Crippen molar-refractivity contribution < 1.29 is 9.90 Å². The fourth-order valence-electron chi connectivity index (χ4n) is 5.93. The molecule has 2 nitrogen and oxygen atoms in total. The van der Waals surface area contributed by atoms with Gasteiger partial charge in [0.15, 0.2) is 0 Å². The second-order valence-corrected chi connectivity index (χ2v) is 10.1. The zero-order valence-corrected chi connectivity index (χ0v) is 20.8. The quantitative estimate of drug-likeness (QED) is 0.283. The van der Waals surface area contributed by atoms with Crippen molar-refractivity contribution in [1.82, 2.24) is 0 Å². The van der Waals surface area contributed by atoms with Crippen LogP contribution in [-0.2, 0) is 4.79 Å². The minimum atomic E-state index is -0.629. The maximum absolute atomic E-state index is 12.3. The van der Waals surface area contributed by atoms with E-state index in [4.69, 9.17) is 0 Å². The smallest absolute Gasteiger partial charge is 0.309 e. The van der Waals surface area contributed by atoms with E-state index in [1.54, 1.807) is 0 Å². The monoisotopic (exact) mass is 396 g/mol. The van der Waals surface area contributed by atoms with Gasteiger partial charge >= 0.3 is 5.97 Å². The van der Waals surface area contributed by atoms with Gasteiger partial charge in [-0.1, -0.05) is 100 Å². The van der Waals surface area contributed by atoms with Crippen LogP contribution in [0.4, 0.5) is 0 Å². The first-order valence-corrected chi connectivity index (χ1v) is 12.3. The summed E-state index contributed by atoms with van der Waals surface area (Å²) in [5, 5.41) is 10.1. The lowest BCUT2D eigenvalue weighted by Gasteiger charge is -2.50. The highest BCUT2D eigenvalue weighted by Gasteiger charge is 2.47. The van der Waals surface area contributed by atoms with E-state index in [1.807, 2.05) is 6.92 Å². The molecule has 0 rings (SSSR count). The SMILES string of the molecule is CCCC(CC)(CC)CC(CC)(CC(CC)(CC)CC)CC(C)(CC)C(=O)O. The number of hydrogen-bond acceptors (Lipinski definition) is 1. The molecule has 2 heteroatoms. The lowest BCUT2D eigenvalue weighted by molar-refractivity contribution is -0.151. The Hall–Kier alpha value is -0.530. The molecule has 0 amide bonds. The molecule has 168 valence electrons. The second kappa shape index (κ2) is 11.6.